The first-order chi connectivity index (χ1) is 13.3. The lowest BCUT2D eigenvalue weighted by atomic mass is 9.95. The summed E-state index contributed by atoms with van der Waals surface area (Å²) in [6.07, 6.45) is 4.81. The maximum absolute atomic E-state index is 13.0. The zero-order chi connectivity index (χ0) is 20.3. The first kappa shape index (κ1) is 20.8. The third-order valence-electron chi connectivity index (χ3n) is 5.70. The third-order valence-corrected chi connectivity index (χ3v) is 5.70. The van der Waals surface area contributed by atoms with Crippen LogP contribution in [-0.4, -0.2) is 48.6 Å². The van der Waals surface area contributed by atoms with Gasteiger partial charge < -0.3 is 15.4 Å². The van der Waals surface area contributed by atoms with Gasteiger partial charge in [0.15, 0.2) is 0 Å². The zero-order valence-electron chi connectivity index (χ0n) is 17.5. The number of morpholine rings is 1. The van der Waals surface area contributed by atoms with Gasteiger partial charge in [-0.1, -0.05) is 39.7 Å². The molecule has 1 saturated heterocycles. The van der Waals surface area contributed by atoms with Gasteiger partial charge in [0.2, 0.25) is 11.8 Å². The molecule has 154 valence electrons. The molecule has 28 heavy (non-hydrogen) atoms. The van der Waals surface area contributed by atoms with Crippen molar-refractivity contribution in [2.75, 3.05) is 30.4 Å². The van der Waals surface area contributed by atoms with E-state index in [2.05, 4.69) is 15.5 Å². The van der Waals surface area contributed by atoms with Gasteiger partial charge in [-0.3, -0.25) is 14.5 Å². The minimum atomic E-state index is -0.479. The molecule has 6 heteroatoms. The van der Waals surface area contributed by atoms with E-state index >= 15 is 0 Å². The molecule has 1 atom stereocenters. The first-order valence-electron chi connectivity index (χ1n) is 10.3. The van der Waals surface area contributed by atoms with Crippen LogP contribution in [0, 0.1) is 12.3 Å². The van der Waals surface area contributed by atoms with Gasteiger partial charge in [-0.05, 0) is 37.5 Å². The van der Waals surface area contributed by atoms with E-state index in [0.717, 1.165) is 30.6 Å². The summed E-state index contributed by atoms with van der Waals surface area (Å²) in [7, 11) is 0. The second-order valence-corrected chi connectivity index (χ2v) is 8.99. The molecular weight excluding hydrogens is 354 g/mol. The van der Waals surface area contributed by atoms with E-state index in [0.29, 0.717) is 24.9 Å². The number of hydrogen-bond acceptors (Lipinski definition) is 4. The number of aryl methyl sites for hydroxylation is 1. The SMILES string of the molecule is Cc1ccc(NC(=O)C2COCCN2C2CCCC2)cc1NC(=O)C(C)(C)C. The van der Waals surface area contributed by atoms with Gasteiger partial charge in [-0.2, -0.15) is 0 Å². The maximum atomic E-state index is 13.0. The molecule has 0 radical (unpaired) electrons. The fourth-order valence-electron chi connectivity index (χ4n) is 3.89. The van der Waals surface area contributed by atoms with Crippen LogP contribution in [0.4, 0.5) is 11.4 Å². The Morgan fingerprint density at radius 3 is 2.54 bits per heavy atom. The van der Waals surface area contributed by atoms with Crippen molar-refractivity contribution in [3.05, 3.63) is 23.8 Å². The van der Waals surface area contributed by atoms with Crippen LogP contribution in [0.3, 0.4) is 0 Å². The number of anilines is 2. The van der Waals surface area contributed by atoms with E-state index < -0.39 is 5.41 Å². The van der Waals surface area contributed by atoms with Crippen molar-refractivity contribution in [2.24, 2.45) is 5.41 Å². The molecule has 1 aromatic carbocycles. The third kappa shape index (κ3) is 4.92. The number of carbonyl (C=O) groups excluding carboxylic acids is 2. The molecule has 1 saturated carbocycles. The van der Waals surface area contributed by atoms with Gasteiger partial charge in [0.1, 0.15) is 6.04 Å². The summed E-state index contributed by atoms with van der Waals surface area (Å²) in [5.74, 6) is -0.0873. The van der Waals surface area contributed by atoms with Crippen LogP contribution in [0.2, 0.25) is 0 Å². The van der Waals surface area contributed by atoms with E-state index in [-0.39, 0.29) is 17.9 Å². The minimum absolute atomic E-state index is 0.0384. The normalized spacial score (nSPS) is 21.5. The molecular formula is C22H33N3O3. The van der Waals surface area contributed by atoms with Crippen LogP contribution in [-0.2, 0) is 14.3 Å². The van der Waals surface area contributed by atoms with Crippen LogP contribution < -0.4 is 10.6 Å². The Morgan fingerprint density at radius 2 is 1.86 bits per heavy atom. The summed E-state index contributed by atoms with van der Waals surface area (Å²) < 4.78 is 5.60. The number of benzene rings is 1. The van der Waals surface area contributed by atoms with E-state index in [1.165, 1.54) is 12.8 Å². The summed E-state index contributed by atoms with van der Waals surface area (Å²) >= 11 is 0. The van der Waals surface area contributed by atoms with Gasteiger partial charge in [-0.15, -0.1) is 0 Å². The predicted octanol–water partition coefficient (Wildman–Crippen LogP) is 3.56. The molecule has 1 unspecified atom stereocenters. The fourth-order valence-corrected chi connectivity index (χ4v) is 3.89. The van der Waals surface area contributed by atoms with E-state index in [9.17, 15) is 9.59 Å². The highest BCUT2D eigenvalue weighted by Gasteiger charge is 2.35. The summed E-state index contributed by atoms with van der Waals surface area (Å²) in [4.78, 5) is 27.6. The minimum Gasteiger partial charge on any atom is -0.378 e. The molecule has 6 nitrogen and oxygen atoms in total. The van der Waals surface area contributed by atoms with E-state index in [1.807, 2.05) is 45.9 Å². The van der Waals surface area contributed by atoms with Gasteiger partial charge >= 0.3 is 0 Å². The molecule has 2 aliphatic rings. The molecule has 0 spiro atoms. The van der Waals surface area contributed by atoms with Crippen molar-refractivity contribution in [1.29, 1.82) is 0 Å². The molecule has 1 aromatic rings. The van der Waals surface area contributed by atoms with E-state index in [1.54, 1.807) is 0 Å². The summed E-state index contributed by atoms with van der Waals surface area (Å²) in [6, 6.07) is 5.86. The second kappa shape index (κ2) is 8.62. The van der Waals surface area contributed by atoms with Crippen LogP contribution in [0.15, 0.2) is 18.2 Å². The average Bonchev–Trinajstić information content (AvgIpc) is 3.18. The molecule has 0 bridgehead atoms. The molecule has 2 N–H and O–H groups in total. The van der Waals surface area contributed by atoms with E-state index in [4.69, 9.17) is 4.74 Å². The topological polar surface area (TPSA) is 70.7 Å². The Labute approximate surface area is 168 Å². The smallest absolute Gasteiger partial charge is 0.244 e. The Balaban J connectivity index is 1.70. The van der Waals surface area contributed by atoms with Crippen LogP contribution >= 0.6 is 0 Å². The lowest BCUT2D eigenvalue weighted by Gasteiger charge is -2.38. The molecule has 3 rings (SSSR count). The molecule has 1 aliphatic carbocycles. The molecule has 1 heterocycles. The quantitative estimate of drug-likeness (QED) is 0.829. The van der Waals surface area contributed by atoms with Crippen molar-refractivity contribution in [2.45, 2.75) is 65.5 Å². The molecule has 2 amide bonds. The van der Waals surface area contributed by atoms with Crippen molar-refractivity contribution in [3.63, 3.8) is 0 Å². The number of hydrogen-bond donors (Lipinski definition) is 2. The highest BCUT2D eigenvalue weighted by molar-refractivity contribution is 5.98. The monoisotopic (exact) mass is 387 g/mol. The average molecular weight is 388 g/mol. The van der Waals surface area contributed by atoms with Crippen molar-refractivity contribution in [1.82, 2.24) is 4.90 Å². The summed E-state index contributed by atoms with van der Waals surface area (Å²) in [5, 5.41) is 6.00. The Hall–Kier alpha value is -1.92. The van der Waals surface area contributed by atoms with Gasteiger partial charge in [0, 0.05) is 29.4 Å². The molecule has 0 aromatic heterocycles. The van der Waals surface area contributed by atoms with Gasteiger partial charge in [-0.25, -0.2) is 0 Å². The fraction of sp³-hybridized carbons (Fsp3) is 0.636. The lowest BCUT2D eigenvalue weighted by molar-refractivity contribution is -0.129. The Morgan fingerprint density at radius 1 is 1.14 bits per heavy atom. The number of rotatable bonds is 4. The van der Waals surface area contributed by atoms with Gasteiger partial charge in [0.25, 0.3) is 0 Å². The van der Waals surface area contributed by atoms with Crippen molar-refractivity contribution >= 4 is 23.2 Å². The maximum Gasteiger partial charge on any atom is 0.244 e. The number of nitrogens with one attached hydrogen (secondary N) is 2. The Bertz CT molecular complexity index is 720. The summed E-state index contributed by atoms with van der Waals surface area (Å²) in [5.41, 5.74) is 1.90. The molecule has 1 aliphatic heterocycles. The Kier molecular flexibility index (Phi) is 6.40. The van der Waals surface area contributed by atoms with Gasteiger partial charge in [0.05, 0.1) is 13.2 Å². The standard InChI is InChI=1S/C22H33N3O3/c1-15-9-10-16(13-18(15)24-21(27)22(2,3)4)23-20(26)19-14-28-12-11-25(19)17-7-5-6-8-17/h9-10,13,17,19H,5-8,11-12,14H2,1-4H3,(H,23,26)(H,24,27). The number of carbonyl (C=O) groups is 2. The first-order valence-corrected chi connectivity index (χ1v) is 10.3. The highest BCUT2D eigenvalue weighted by Crippen LogP contribution is 2.28. The predicted molar refractivity (Wildman–Crippen MR) is 111 cm³/mol. The van der Waals surface area contributed by atoms with Crippen molar-refractivity contribution < 1.29 is 14.3 Å². The largest absolute Gasteiger partial charge is 0.378 e. The van der Waals surface area contributed by atoms with Crippen LogP contribution in [0.5, 0.6) is 0 Å². The number of amides is 2. The number of nitrogens with zero attached hydrogens (tertiary/aromatic N) is 1. The number of ether oxygens (including phenoxy) is 1. The van der Waals surface area contributed by atoms with Crippen LogP contribution in [0.25, 0.3) is 0 Å². The molecule has 2 fully saturated rings. The summed E-state index contributed by atoms with van der Waals surface area (Å²) in [6.45, 7) is 9.51. The van der Waals surface area contributed by atoms with Crippen molar-refractivity contribution in [3.8, 4) is 0 Å². The second-order valence-electron chi connectivity index (χ2n) is 8.99. The lowest BCUT2D eigenvalue weighted by Crippen LogP contribution is -2.55. The van der Waals surface area contributed by atoms with Crippen LogP contribution in [0.1, 0.15) is 52.0 Å². The zero-order valence-corrected chi connectivity index (χ0v) is 17.5. The highest BCUT2D eigenvalue weighted by atomic mass is 16.5.